The third-order valence-corrected chi connectivity index (χ3v) is 3.77. The summed E-state index contributed by atoms with van der Waals surface area (Å²) in [5.41, 5.74) is 7.74. The highest BCUT2D eigenvalue weighted by atomic mass is 32.1. The number of hydrogen-bond donors (Lipinski definition) is 2. The lowest BCUT2D eigenvalue weighted by molar-refractivity contribution is -0.122. The highest BCUT2D eigenvalue weighted by Crippen LogP contribution is 2.10. The summed E-state index contributed by atoms with van der Waals surface area (Å²) < 4.78 is 0. The molecule has 19 heavy (non-hydrogen) atoms. The van der Waals surface area contributed by atoms with Gasteiger partial charge in [0.2, 0.25) is 5.91 Å². The smallest absolute Gasteiger partial charge is 0.241 e. The average Bonchev–Trinajstić information content (AvgIpc) is 2.84. The molecule has 5 heteroatoms. The van der Waals surface area contributed by atoms with Crippen molar-refractivity contribution in [3.63, 3.8) is 0 Å². The van der Waals surface area contributed by atoms with Crippen molar-refractivity contribution < 1.29 is 4.79 Å². The van der Waals surface area contributed by atoms with Crippen LogP contribution in [0, 0.1) is 6.92 Å². The van der Waals surface area contributed by atoms with Crippen LogP contribution in [0.3, 0.4) is 0 Å². The molecule has 1 aromatic heterocycles. The number of nitrogens with zero attached hydrogens (tertiary/aromatic N) is 1. The van der Waals surface area contributed by atoms with Crippen LogP contribution in [0.5, 0.6) is 0 Å². The van der Waals surface area contributed by atoms with Crippen molar-refractivity contribution in [2.24, 2.45) is 5.73 Å². The Balaban J connectivity index is 1.81. The largest absolute Gasteiger partial charge is 0.354 e. The van der Waals surface area contributed by atoms with Crippen molar-refractivity contribution >= 4 is 17.2 Å². The van der Waals surface area contributed by atoms with Gasteiger partial charge in [0.1, 0.15) is 6.04 Å². The molecule has 1 atom stereocenters. The first kappa shape index (κ1) is 13.7. The van der Waals surface area contributed by atoms with Crippen molar-refractivity contribution in [1.29, 1.82) is 0 Å². The van der Waals surface area contributed by atoms with Crippen molar-refractivity contribution in [2.45, 2.75) is 19.4 Å². The van der Waals surface area contributed by atoms with Gasteiger partial charge in [0.05, 0.1) is 5.01 Å². The van der Waals surface area contributed by atoms with E-state index in [1.165, 1.54) is 0 Å². The van der Waals surface area contributed by atoms with E-state index in [9.17, 15) is 4.79 Å². The molecule has 3 N–H and O–H groups in total. The molecule has 0 spiro atoms. The van der Waals surface area contributed by atoms with Gasteiger partial charge in [-0.2, -0.15) is 0 Å². The summed E-state index contributed by atoms with van der Waals surface area (Å²) in [7, 11) is 0. The second kappa shape index (κ2) is 6.45. The van der Waals surface area contributed by atoms with Gasteiger partial charge in [-0.3, -0.25) is 4.79 Å². The highest BCUT2D eigenvalue weighted by molar-refractivity contribution is 7.09. The highest BCUT2D eigenvalue weighted by Gasteiger charge is 2.14. The lowest BCUT2D eigenvalue weighted by Crippen LogP contribution is -2.35. The molecule has 4 nitrogen and oxygen atoms in total. The Morgan fingerprint density at radius 2 is 2.16 bits per heavy atom. The molecule has 2 rings (SSSR count). The first-order valence-electron chi connectivity index (χ1n) is 6.16. The minimum Gasteiger partial charge on any atom is -0.354 e. The zero-order valence-electron chi connectivity index (χ0n) is 10.8. The molecule has 0 aliphatic rings. The monoisotopic (exact) mass is 275 g/mol. The van der Waals surface area contributed by atoms with E-state index in [2.05, 4.69) is 10.3 Å². The minimum absolute atomic E-state index is 0.153. The first-order chi connectivity index (χ1) is 9.16. The molecule has 0 aliphatic carbocycles. The topological polar surface area (TPSA) is 68.0 Å². The number of rotatable bonds is 5. The molecular formula is C14H17N3OS. The Morgan fingerprint density at radius 3 is 2.79 bits per heavy atom. The number of carbonyl (C=O) groups excluding carboxylic acids is 1. The summed E-state index contributed by atoms with van der Waals surface area (Å²) in [6, 6.07) is 8.75. The third kappa shape index (κ3) is 3.87. The summed E-state index contributed by atoms with van der Waals surface area (Å²) in [6.45, 7) is 2.52. The summed E-state index contributed by atoms with van der Waals surface area (Å²) in [6.07, 6.45) is 0.742. The Kier molecular flexibility index (Phi) is 4.65. The number of aryl methyl sites for hydroxylation is 1. The molecule has 1 unspecified atom stereocenters. The number of aromatic nitrogens is 1. The zero-order chi connectivity index (χ0) is 13.7. The van der Waals surface area contributed by atoms with Gasteiger partial charge in [0, 0.05) is 24.0 Å². The van der Waals surface area contributed by atoms with Crippen LogP contribution >= 0.6 is 11.3 Å². The van der Waals surface area contributed by atoms with Gasteiger partial charge in [-0.15, -0.1) is 11.3 Å². The summed E-state index contributed by atoms with van der Waals surface area (Å²) in [5.74, 6) is -0.153. The van der Waals surface area contributed by atoms with Crippen molar-refractivity contribution in [1.82, 2.24) is 10.3 Å². The van der Waals surface area contributed by atoms with Crippen molar-refractivity contribution in [3.8, 4) is 0 Å². The fourth-order valence-electron chi connectivity index (χ4n) is 1.73. The molecule has 0 saturated carbocycles. The van der Waals surface area contributed by atoms with Crippen LogP contribution in [-0.4, -0.2) is 17.4 Å². The van der Waals surface area contributed by atoms with E-state index in [0.717, 1.165) is 22.7 Å². The average molecular weight is 275 g/mol. The number of hydrogen-bond acceptors (Lipinski definition) is 4. The SMILES string of the molecule is Cc1csc(CCNC(=O)C(N)c2ccccc2)n1. The standard InChI is InChI=1S/C14H17N3OS/c1-10-9-19-12(17-10)7-8-16-14(18)13(15)11-5-3-2-4-6-11/h2-6,9,13H,7-8,15H2,1H3,(H,16,18). The molecule has 0 aliphatic heterocycles. The summed E-state index contributed by atoms with van der Waals surface area (Å²) >= 11 is 1.61. The minimum atomic E-state index is -0.612. The normalized spacial score (nSPS) is 12.1. The molecule has 1 amide bonds. The Hall–Kier alpha value is -1.72. The summed E-state index contributed by atoms with van der Waals surface area (Å²) in [5, 5.41) is 5.88. The van der Waals surface area contributed by atoms with E-state index >= 15 is 0 Å². The van der Waals surface area contributed by atoms with Gasteiger partial charge in [0.15, 0.2) is 0 Å². The number of amides is 1. The van der Waals surface area contributed by atoms with Crippen molar-refractivity contribution in [3.05, 3.63) is 52.0 Å². The van der Waals surface area contributed by atoms with E-state index in [4.69, 9.17) is 5.73 Å². The predicted octanol–water partition coefficient (Wildman–Crippen LogP) is 1.81. The molecule has 1 heterocycles. The number of carbonyl (C=O) groups is 1. The second-order valence-corrected chi connectivity index (χ2v) is 5.25. The summed E-state index contributed by atoms with van der Waals surface area (Å²) in [4.78, 5) is 16.2. The maximum Gasteiger partial charge on any atom is 0.241 e. The van der Waals surface area contributed by atoms with E-state index in [1.807, 2.05) is 42.6 Å². The van der Waals surface area contributed by atoms with Gasteiger partial charge >= 0.3 is 0 Å². The van der Waals surface area contributed by atoms with Gasteiger partial charge in [0.25, 0.3) is 0 Å². The molecule has 2 aromatic rings. The van der Waals surface area contributed by atoms with E-state index in [1.54, 1.807) is 11.3 Å². The zero-order valence-corrected chi connectivity index (χ0v) is 11.6. The number of thiazole rings is 1. The maximum atomic E-state index is 11.9. The maximum absolute atomic E-state index is 11.9. The predicted molar refractivity (Wildman–Crippen MR) is 76.9 cm³/mol. The Morgan fingerprint density at radius 1 is 1.42 bits per heavy atom. The van der Waals surface area contributed by atoms with Gasteiger partial charge in [-0.1, -0.05) is 30.3 Å². The molecule has 0 bridgehead atoms. The Labute approximate surface area is 116 Å². The molecule has 0 saturated heterocycles. The van der Waals surface area contributed by atoms with Gasteiger partial charge < -0.3 is 11.1 Å². The molecule has 0 radical (unpaired) electrons. The lowest BCUT2D eigenvalue weighted by Gasteiger charge is -2.11. The molecular weight excluding hydrogens is 258 g/mol. The van der Waals surface area contributed by atoms with Crippen LogP contribution < -0.4 is 11.1 Å². The number of nitrogens with one attached hydrogen (secondary N) is 1. The van der Waals surface area contributed by atoms with Crippen LogP contribution in [0.25, 0.3) is 0 Å². The second-order valence-electron chi connectivity index (χ2n) is 4.31. The van der Waals surface area contributed by atoms with Gasteiger partial charge in [-0.25, -0.2) is 4.98 Å². The van der Waals surface area contributed by atoms with E-state index in [-0.39, 0.29) is 5.91 Å². The fourth-order valence-corrected chi connectivity index (χ4v) is 2.51. The fraction of sp³-hybridized carbons (Fsp3) is 0.286. The van der Waals surface area contributed by atoms with Crippen LogP contribution in [0.2, 0.25) is 0 Å². The molecule has 0 fully saturated rings. The first-order valence-corrected chi connectivity index (χ1v) is 7.04. The molecule has 100 valence electrons. The number of nitrogens with two attached hydrogens (primary N) is 1. The van der Waals surface area contributed by atoms with Crippen molar-refractivity contribution in [2.75, 3.05) is 6.54 Å². The van der Waals surface area contributed by atoms with E-state index < -0.39 is 6.04 Å². The quantitative estimate of drug-likeness (QED) is 0.874. The van der Waals surface area contributed by atoms with Crippen LogP contribution in [0.1, 0.15) is 22.3 Å². The van der Waals surface area contributed by atoms with Crippen LogP contribution in [0.15, 0.2) is 35.7 Å². The third-order valence-electron chi connectivity index (χ3n) is 2.75. The lowest BCUT2D eigenvalue weighted by atomic mass is 10.1. The van der Waals surface area contributed by atoms with Crippen LogP contribution in [0.4, 0.5) is 0 Å². The number of benzene rings is 1. The Bertz CT molecular complexity index is 539. The van der Waals surface area contributed by atoms with Crippen LogP contribution in [-0.2, 0) is 11.2 Å². The molecule has 1 aromatic carbocycles. The van der Waals surface area contributed by atoms with Gasteiger partial charge in [-0.05, 0) is 12.5 Å². The van der Waals surface area contributed by atoms with E-state index in [0.29, 0.717) is 6.54 Å².